The fourth-order valence-corrected chi connectivity index (χ4v) is 1.86. The lowest BCUT2D eigenvalue weighted by Gasteiger charge is -2.18. The van der Waals surface area contributed by atoms with Crippen LogP contribution in [0.15, 0.2) is 18.2 Å². The molecular weight excluding hydrogens is 242 g/mol. The van der Waals surface area contributed by atoms with Crippen molar-refractivity contribution >= 4 is 5.78 Å². The average Bonchev–Trinajstić information content (AvgIpc) is 2.45. The molecule has 1 aromatic rings. The monoisotopic (exact) mass is 265 g/mol. The van der Waals surface area contributed by atoms with Crippen LogP contribution >= 0.6 is 0 Å². The van der Waals surface area contributed by atoms with Crippen LogP contribution in [0.5, 0.6) is 11.5 Å². The number of benzene rings is 1. The molecule has 0 heterocycles. The summed E-state index contributed by atoms with van der Waals surface area (Å²) < 4.78 is 10.4. The van der Waals surface area contributed by atoms with Gasteiger partial charge in [-0.05, 0) is 38.5 Å². The summed E-state index contributed by atoms with van der Waals surface area (Å²) in [4.78, 5) is 12.3. The summed E-state index contributed by atoms with van der Waals surface area (Å²) in [6, 6.07) is 5.34. The molecule has 0 aliphatic rings. The van der Waals surface area contributed by atoms with Gasteiger partial charge in [0.15, 0.2) is 17.3 Å². The highest BCUT2D eigenvalue weighted by Crippen LogP contribution is 2.28. The minimum absolute atomic E-state index is 0.0567. The molecular formula is C15H23NO3. The molecule has 4 heteroatoms. The van der Waals surface area contributed by atoms with Crippen LogP contribution in [-0.2, 0) is 0 Å². The van der Waals surface area contributed by atoms with Gasteiger partial charge in [-0.25, -0.2) is 0 Å². The average molecular weight is 265 g/mol. The topological polar surface area (TPSA) is 47.6 Å². The zero-order valence-corrected chi connectivity index (χ0v) is 12.3. The molecule has 1 aromatic carbocycles. The number of hydrogen-bond donors (Lipinski definition) is 1. The Morgan fingerprint density at radius 2 is 1.84 bits per heavy atom. The van der Waals surface area contributed by atoms with Crippen molar-refractivity contribution in [2.75, 3.05) is 14.2 Å². The van der Waals surface area contributed by atoms with Gasteiger partial charge in [-0.2, -0.15) is 0 Å². The zero-order valence-electron chi connectivity index (χ0n) is 12.3. The number of nitrogens with one attached hydrogen (secondary N) is 1. The second-order valence-electron chi connectivity index (χ2n) is 4.63. The Labute approximate surface area is 115 Å². The summed E-state index contributed by atoms with van der Waals surface area (Å²) in [5.74, 6) is 1.26. The van der Waals surface area contributed by atoms with E-state index in [2.05, 4.69) is 19.2 Å². The first-order valence-corrected chi connectivity index (χ1v) is 6.55. The first kappa shape index (κ1) is 15.5. The second-order valence-corrected chi connectivity index (χ2v) is 4.63. The van der Waals surface area contributed by atoms with Crippen LogP contribution in [0.25, 0.3) is 0 Å². The predicted octanol–water partition coefficient (Wildman–Crippen LogP) is 2.66. The van der Waals surface area contributed by atoms with Gasteiger partial charge < -0.3 is 14.8 Å². The molecule has 0 aromatic heterocycles. The molecule has 0 spiro atoms. The van der Waals surface area contributed by atoms with Crippen molar-refractivity contribution in [1.29, 1.82) is 0 Å². The summed E-state index contributed by atoms with van der Waals surface area (Å²) in [5, 5.41) is 3.27. The van der Waals surface area contributed by atoms with E-state index in [1.54, 1.807) is 32.4 Å². The van der Waals surface area contributed by atoms with Gasteiger partial charge in [-0.1, -0.05) is 6.92 Å². The maximum atomic E-state index is 12.3. The molecule has 1 rings (SSSR count). The van der Waals surface area contributed by atoms with Crippen LogP contribution in [0.3, 0.4) is 0 Å². The Morgan fingerprint density at radius 3 is 2.37 bits per heavy atom. The normalized spacial score (nSPS) is 13.7. The molecule has 0 aliphatic carbocycles. The summed E-state index contributed by atoms with van der Waals surface area (Å²) in [6.45, 7) is 6.04. The number of ketones is 1. The molecule has 0 fully saturated rings. The van der Waals surface area contributed by atoms with Crippen LogP contribution < -0.4 is 14.8 Å². The van der Waals surface area contributed by atoms with Crippen LogP contribution in [0, 0.1) is 0 Å². The minimum Gasteiger partial charge on any atom is -0.493 e. The van der Waals surface area contributed by atoms with E-state index < -0.39 is 0 Å². The van der Waals surface area contributed by atoms with Gasteiger partial charge in [0.2, 0.25) is 0 Å². The highest BCUT2D eigenvalue weighted by atomic mass is 16.5. The van der Waals surface area contributed by atoms with Gasteiger partial charge in [-0.3, -0.25) is 4.79 Å². The van der Waals surface area contributed by atoms with E-state index in [1.807, 2.05) is 6.92 Å². The molecule has 0 saturated heterocycles. The van der Waals surface area contributed by atoms with Crippen LogP contribution in [0.2, 0.25) is 0 Å². The summed E-state index contributed by atoms with van der Waals surface area (Å²) >= 11 is 0. The molecule has 2 atom stereocenters. The smallest absolute Gasteiger partial charge is 0.179 e. The number of Topliss-reactive ketones (excluding diaryl/α,β-unsaturated/α-hetero) is 1. The first-order valence-electron chi connectivity index (χ1n) is 6.55. The quantitative estimate of drug-likeness (QED) is 0.770. The van der Waals surface area contributed by atoms with Crippen molar-refractivity contribution < 1.29 is 14.3 Å². The number of carbonyl (C=O) groups is 1. The van der Waals surface area contributed by atoms with Crippen LogP contribution in [0.1, 0.15) is 37.6 Å². The minimum atomic E-state index is -0.215. The van der Waals surface area contributed by atoms with Crippen molar-refractivity contribution in [3.8, 4) is 11.5 Å². The maximum absolute atomic E-state index is 12.3. The third-order valence-corrected chi connectivity index (χ3v) is 3.21. The molecule has 0 bridgehead atoms. The SMILES string of the molecule is CCC(C)NC(C)C(=O)c1ccc(OC)c(OC)c1. The van der Waals surface area contributed by atoms with E-state index in [0.29, 0.717) is 23.1 Å². The van der Waals surface area contributed by atoms with Crippen molar-refractivity contribution in [3.63, 3.8) is 0 Å². The fourth-order valence-electron chi connectivity index (χ4n) is 1.86. The molecule has 1 N–H and O–H groups in total. The van der Waals surface area contributed by atoms with E-state index in [0.717, 1.165) is 6.42 Å². The summed E-state index contributed by atoms with van der Waals surface area (Å²) in [5.41, 5.74) is 0.626. The molecule has 0 saturated carbocycles. The number of hydrogen-bond acceptors (Lipinski definition) is 4. The van der Waals surface area contributed by atoms with E-state index in [-0.39, 0.29) is 11.8 Å². The van der Waals surface area contributed by atoms with Crippen molar-refractivity contribution in [3.05, 3.63) is 23.8 Å². The maximum Gasteiger partial charge on any atom is 0.179 e. The largest absolute Gasteiger partial charge is 0.493 e. The lowest BCUT2D eigenvalue weighted by atomic mass is 10.0. The van der Waals surface area contributed by atoms with Gasteiger partial charge in [-0.15, -0.1) is 0 Å². The Hall–Kier alpha value is -1.55. The zero-order chi connectivity index (χ0) is 14.4. The van der Waals surface area contributed by atoms with E-state index in [1.165, 1.54) is 0 Å². The lowest BCUT2D eigenvalue weighted by molar-refractivity contribution is 0.0944. The molecule has 2 unspecified atom stereocenters. The van der Waals surface area contributed by atoms with E-state index in [9.17, 15) is 4.79 Å². The molecule has 0 aliphatic heterocycles. The van der Waals surface area contributed by atoms with Gasteiger partial charge in [0.25, 0.3) is 0 Å². The molecule has 4 nitrogen and oxygen atoms in total. The third kappa shape index (κ3) is 3.96. The number of methoxy groups -OCH3 is 2. The first-order chi connectivity index (χ1) is 9.03. The highest BCUT2D eigenvalue weighted by molar-refractivity contribution is 6.00. The Balaban J connectivity index is 2.87. The number of ether oxygens (including phenoxy) is 2. The Morgan fingerprint density at radius 1 is 1.21 bits per heavy atom. The standard InChI is InChI=1S/C15H23NO3/c1-6-10(2)16-11(3)15(17)12-7-8-13(18-4)14(9-12)19-5/h7-11,16H,6H2,1-5H3. The highest BCUT2D eigenvalue weighted by Gasteiger charge is 2.18. The van der Waals surface area contributed by atoms with Crippen molar-refractivity contribution in [2.24, 2.45) is 0 Å². The van der Waals surface area contributed by atoms with Crippen LogP contribution in [0.4, 0.5) is 0 Å². The second kappa shape index (κ2) is 7.14. The lowest BCUT2D eigenvalue weighted by Crippen LogP contribution is -2.39. The third-order valence-electron chi connectivity index (χ3n) is 3.21. The molecule has 106 valence electrons. The Bertz CT molecular complexity index is 431. The van der Waals surface area contributed by atoms with Crippen LogP contribution in [-0.4, -0.2) is 32.1 Å². The van der Waals surface area contributed by atoms with Crippen molar-refractivity contribution in [1.82, 2.24) is 5.32 Å². The van der Waals surface area contributed by atoms with E-state index in [4.69, 9.17) is 9.47 Å². The van der Waals surface area contributed by atoms with Gasteiger partial charge >= 0.3 is 0 Å². The molecule has 0 amide bonds. The van der Waals surface area contributed by atoms with E-state index >= 15 is 0 Å². The number of carbonyl (C=O) groups excluding carboxylic acids is 1. The Kier molecular flexibility index (Phi) is 5.83. The predicted molar refractivity (Wildman–Crippen MR) is 76.2 cm³/mol. The van der Waals surface area contributed by atoms with Crippen molar-refractivity contribution in [2.45, 2.75) is 39.3 Å². The number of rotatable bonds is 7. The summed E-state index contributed by atoms with van der Waals surface area (Å²) in [7, 11) is 3.14. The fraction of sp³-hybridized carbons (Fsp3) is 0.533. The summed E-state index contributed by atoms with van der Waals surface area (Å²) in [6.07, 6.45) is 0.990. The molecule has 0 radical (unpaired) electrons. The van der Waals surface area contributed by atoms with Gasteiger partial charge in [0.05, 0.1) is 20.3 Å². The van der Waals surface area contributed by atoms with Gasteiger partial charge in [0.1, 0.15) is 0 Å². The van der Waals surface area contributed by atoms with Gasteiger partial charge in [0, 0.05) is 11.6 Å². The molecule has 19 heavy (non-hydrogen) atoms.